The highest BCUT2D eigenvalue weighted by atomic mass is 16.3. The summed E-state index contributed by atoms with van der Waals surface area (Å²) in [5.41, 5.74) is -2.38. The van der Waals surface area contributed by atoms with E-state index in [1.54, 1.807) is 6.92 Å². The van der Waals surface area contributed by atoms with Crippen LogP contribution in [0.5, 0.6) is 0 Å². The number of aliphatic hydroxyl groups is 3. The van der Waals surface area contributed by atoms with Crippen molar-refractivity contribution in [2.24, 2.45) is 34.0 Å². The molecule has 4 aliphatic rings. The highest BCUT2D eigenvalue weighted by Gasteiger charge is 2.72. The van der Waals surface area contributed by atoms with E-state index in [1.807, 2.05) is 0 Å². The summed E-state index contributed by atoms with van der Waals surface area (Å²) in [4.78, 5) is 25.8. The van der Waals surface area contributed by atoms with Crippen molar-refractivity contribution in [3.8, 4) is 0 Å². The molecule has 1 spiro atoms. The Labute approximate surface area is 148 Å². The maximum Gasteiger partial charge on any atom is 0.141 e. The van der Waals surface area contributed by atoms with Gasteiger partial charge in [-0.15, -0.1) is 0 Å². The average Bonchev–Trinajstić information content (AvgIpc) is 2.92. The Kier molecular flexibility index (Phi) is 3.62. The number of Topliss-reactive ketones (excluding diaryl/α,β-unsaturated/α-hetero) is 2. The second-order valence-corrected chi connectivity index (χ2v) is 9.77. The molecule has 4 rings (SSSR count). The van der Waals surface area contributed by atoms with E-state index in [0.717, 1.165) is 19.3 Å². The highest BCUT2D eigenvalue weighted by molar-refractivity contribution is 5.95. The standard InChI is InChI=1S/C20H30O5/c1-17(10-21)15(24)3-4-18(2)16(17)14(23)8-12-7-13-9-19(12,18)5-6-20(13,25)11-22/h12-13,16,21-22,25H,3-11H2,1-2H3. The molecule has 0 aromatic carbocycles. The second-order valence-electron chi connectivity index (χ2n) is 9.77. The molecule has 7 unspecified atom stereocenters. The summed E-state index contributed by atoms with van der Waals surface area (Å²) in [5.74, 6) is -0.0529. The van der Waals surface area contributed by atoms with Crippen LogP contribution in [0.1, 0.15) is 58.8 Å². The van der Waals surface area contributed by atoms with E-state index in [2.05, 4.69) is 6.92 Å². The van der Waals surface area contributed by atoms with Crippen molar-refractivity contribution in [1.29, 1.82) is 0 Å². The quantitative estimate of drug-likeness (QED) is 0.701. The van der Waals surface area contributed by atoms with Crippen LogP contribution in [-0.2, 0) is 9.59 Å². The first-order chi connectivity index (χ1) is 11.7. The summed E-state index contributed by atoms with van der Waals surface area (Å²) < 4.78 is 0. The number of hydrogen-bond acceptors (Lipinski definition) is 5. The fraction of sp³-hybridized carbons (Fsp3) is 0.900. The van der Waals surface area contributed by atoms with Gasteiger partial charge in [0.05, 0.1) is 24.2 Å². The molecule has 5 heteroatoms. The molecule has 4 fully saturated rings. The number of fused-ring (bicyclic) bond motifs is 2. The summed E-state index contributed by atoms with van der Waals surface area (Å²) in [7, 11) is 0. The lowest BCUT2D eigenvalue weighted by atomic mass is 9.39. The van der Waals surface area contributed by atoms with Gasteiger partial charge in [0.25, 0.3) is 0 Å². The van der Waals surface area contributed by atoms with Crippen molar-refractivity contribution in [2.45, 2.75) is 64.4 Å². The monoisotopic (exact) mass is 350 g/mol. The van der Waals surface area contributed by atoms with E-state index in [4.69, 9.17) is 0 Å². The molecule has 0 amide bonds. The van der Waals surface area contributed by atoms with Gasteiger partial charge in [-0.1, -0.05) is 6.92 Å². The molecule has 4 aliphatic carbocycles. The fourth-order valence-corrected chi connectivity index (χ4v) is 7.54. The molecule has 0 heterocycles. The van der Waals surface area contributed by atoms with E-state index >= 15 is 0 Å². The molecule has 5 nitrogen and oxygen atoms in total. The number of ketones is 2. The predicted octanol–water partition coefficient (Wildman–Crippen LogP) is 1.47. The van der Waals surface area contributed by atoms with Crippen LogP contribution in [0.15, 0.2) is 0 Å². The third-order valence-corrected chi connectivity index (χ3v) is 9.02. The van der Waals surface area contributed by atoms with E-state index in [-0.39, 0.29) is 47.4 Å². The van der Waals surface area contributed by atoms with Crippen molar-refractivity contribution in [2.75, 3.05) is 13.2 Å². The van der Waals surface area contributed by atoms with Crippen LogP contribution in [0.4, 0.5) is 0 Å². The van der Waals surface area contributed by atoms with Crippen LogP contribution in [-0.4, -0.2) is 45.7 Å². The van der Waals surface area contributed by atoms with Gasteiger partial charge in [-0.2, -0.15) is 0 Å². The van der Waals surface area contributed by atoms with E-state index in [0.29, 0.717) is 25.7 Å². The normalized spacial score (nSPS) is 55.0. The molecule has 0 aliphatic heterocycles. The van der Waals surface area contributed by atoms with Gasteiger partial charge in [0.15, 0.2) is 0 Å². The lowest BCUT2D eigenvalue weighted by Gasteiger charge is -2.64. The minimum Gasteiger partial charge on any atom is -0.395 e. The summed E-state index contributed by atoms with van der Waals surface area (Å²) in [6.45, 7) is 3.43. The zero-order valence-corrected chi connectivity index (χ0v) is 15.3. The van der Waals surface area contributed by atoms with E-state index in [1.165, 1.54) is 0 Å². The van der Waals surface area contributed by atoms with Crippen molar-refractivity contribution >= 4 is 11.6 Å². The largest absolute Gasteiger partial charge is 0.395 e. The zero-order chi connectivity index (χ0) is 18.3. The molecular formula is C20H30O5. The van der Waals surface area contributed by atoms with E-state index < -0.39 is 16.9 Å². The smallest absolute Gasteiger partial charge is 0.141 e. The van der Waals surface area contributed by atoms with Gasteiger partial charge in [0, 0.05) is 18.8 Å². The molecule has 140 valence electrons. The molecular weight excluding hydrogens is 320 g/mol. The van der Waals surface area contributed by atoms with Gasteiger partial charge in [-0.25, -0.2) is 0 Å². The van der Waals surface area contributed by atoms with Crippen molar-refractivity contribution in [1.82, 2.24) is 0 Å². The first kappa shape index (κ1) is 17.6. The van der Waals surface area contributed by atoms with Crippen LogP contribution in [0.2, 0.25) is 0 Å². The molecule has 4 saturated carbocycles. The minimum atomic E-state index is -1.03. The van der Waals surface area contributed by atoms with Crippen molar-refractivity contribution in [3.63, 3.8) is 0 Å². The molecule has 0 saturated heterocycles. The Balaban J connectivity index is 1.81. The second kappa shape index (κ2) is 5.14. The van der Waals surface area contributed by atoms with Gasteiger partial charge in [0.2, 0.25) is 0 Å². The Morgan fingerprint density at radius 3 is 2.40 bits per heavy atom. The zero-order valence-electron chi connectivity index (χ0n) is 15.3. The predicted molar refractivity (Wildman–Crippen MR) is 90.6 cm³/mol. The first-order valence-corrected chi connectivity index (χ1v) is 9.67. The topological polar surface area (TPSA) is 94.8 Å². The minimum absolute atomic E-state index is 0.0119. The van der Waals surface area contributed by atoms with Gasteiger partial charge in [0.1, 0.15) is 11.6 Å². The van der Waals surface area contributed by atoms with Gasteiger partial charge >= 0.3 is 0 Å². The Hall–Kier alpha value is -0.780. The molecule has 0 radical (unpaired) electrons. The third-order valence-electron chi connectivity index (χ3n) is 9.02. The number of carbonyl (C=O) groups excluding carboxylic acids is 2. The lowest BCUT2D eigenvalue weighted by Crippen LogP contribution is -2.65. The van der Waals surface area contributed by atoms with Crippen LogP contribution in [0.25, 0.3) is 0 Å². The van der Waals surface area contributed by atoms with E-state index in [9.17, 15) is 24.9 Å². The average molecular weight is 350 g/mol. The van der Waals surface area contributed by atoms with Crippen LogP contribution in [0.3, 0.4) is 0 Å². The SMILES string of the molecule is CC1(CO)C(=O)CCC2(C)C1C(=O)CC1CC3CC12CCC3(O)CO. The number of hydrogen-bond donors (Lipinski definition) is 3. The van der Waals surface area contributed by atoms with Crippen LogP contribution in [0, 0.1) is 34.0 Å². The van der Waals surface area contributed by atoms with Crippen LogP contribution >= 0.6 is 0 Å². The summed E-state index contributed by atoms with van der Waals surface area (Å²) in [6, 6.07) is 0. The van der Waals surface area contributed by atoms with Crippen molar-refractivity contribution < 1.29 is 24.9 Å². The Morgan fingerprint density at radius 2 is 1.76 bits per heavy atom. The van der Waals surface area contributed by atoms with Gasteiger partial charge in [-0.3, -0.25) is 9.59 Å². The summed E-state index contributed by atoms with van der Waals surface area (Å²) >= 11 is 0. The molecule has 25 heavy (non-hydrogen) atoms. The molecule has 2 bridgehead atoms. The first-order valence-electron chi connectivity index (χ1n) is 9.67. The molecule has 7 atom stereocenters. The highest BCUT2D eigenvalue weighted by Crippen LogP contribution is 2.74. The van der Waals surface area contributed by atoms with Gasteiger partial charge in [-0.05, 0) is 61.7 Å². The fourth-order valence-electron chi connectivity index (χ4n) is 7.54. The summed E-state index contributed by atoms with van der Waals surface area (Å²) in [5, 5.41) is 30.6. The number of carbonyl (C=O) groups is 2. The Bertz CT molecular complexity index is 632. The number of rotatable bonds is 2. The maximum atomic E-state index is 13.1. The molecule has 3 N–H and O–H groups in total. The lowest BCUT2D eigenvalue weighted by molar-refractivity contribution is -0.193. The third kappa shape index (κ3) is 1.90. The van der Waals surface area contributed by atoms with Crippen LogP contribution < -0.4 is 0 Å². The molecule has 0 aromatic heterocycles. The van der Waals surface area contributed by atoms with Crippen molar-refractivity contribution in [3.05, 3.63) is 0 Å². The molecule has 0 aromatic rings. The van der Waals surface area contributed by atoms with Gasteiger partial charge < -0.3 is 15.3 Å². The number of aliphatic hydroxyl groups excluding tert-OH is 2. The Morgan fingerprint density at radius 1 is 1.04 bits per heavy atom. The maximum absolute atomic E-state index is 13.1. The summed E-state index contributed by atoms with van der Waals surface area (Å²) in [6.07, 6.45) is 4.52.